The smallest absolute Gasteiger partial charge is 0.333 e. The van der Waals surface area contributed by atoms with Gasteiger partial charge >= 0.3 is 5.69 Å². The van der Waals surface area contributed by atoms with Crippen molar-refractivity contribution < 1.29 is 9.90 Å². The second-order valence-corrected chi connectivity index (χ2v) is 13.7. The van der Waals surface area contributed by atoms with E-state index in [9.17, 15) is 19.5 Å². The normalized spacial score (nSPS) is 16.0. The van der Waals surface area contributed by atoms with Crippen molar-refractivity contribution in [2.45, 2.75) is 18.4 Å². The maximum Gasteiger partial charge on any atom is 0.333 e. The Labute approximate surface area is 306 Å². The van der Waals surface area contributed by atoms with Crippen LogP contribution in [0, 0.1) is 0 Å². The van der Waals surface area contributed by atoms with Gasteiger partial charge in [-0.1, -0.05) is 103 Å². The summed E-state index contributed by atoms with van der Waals surface area (Å²) in [6.07, 6.45) is 0.662. The SMILES string of the molecule is Cn1c(O)c(C(=NC[C@H]2c3ccccc3C(=O)N(CCc3ccccc3)[C@H]2c2ccc3c(c2)c2ccccc2n3C)c2ccccc2)c(=O)n(C)c1=O. The van der Waals surface area contributed by atoms with Crippen molar-refractivity contribution >= 4 is 33.4 Å². The molecule has 2 aromatic heterocycles. The van der Waals surface area contributed by atoms with Crippen LogP contribution in [-0.4, -0.2) is 48.4 Å². The van der Waals surface area contributed by atoms with E-state index in [-0.39, 0.29) is 29.6 Å². The summed E-state index contributed by atoms with van der Waals surface area (Å²) in [6.45, 7) is 0.656. The molecule has 1 aliphatic heterocycles. The number of hydrogen-bond donors (Lipinski definition) is 1. The van der Waals surface area contributed by atoms with Gasteiger partial charge in [0, 0.05) is 73.1 Å². The minimum Gasteiger partial charge on any atom is -0.494 e. The molecule has 0 saturated carbocycles. The molecule has 7 aromatic rings. The highest BCUT2D eigenvalue weighted by atomic mass is 16.3. The zero-order chi connectivity index (χ0) is 36.8. The third-order valence-electron chi connectivity index (χ3n) is 10.7. The summed E-state index contributed by atoms with van der Waals surface area (Å²) in [6, 6.07) is 41.5. The van der Waals surface area contributed by atoms with Gasteiger partial charge < -0.3 is 14.6 Å². The molecule has 0 fully saturated rings. The third-order valence-corrected chi connectivity index (χ3v) is 10.7. The van der Waals surface area contributed by atoms with E-state index in [1.165, 1.54) is 14.1 Å². The lowest BCUT2D eigenvalue weighted by atomic mass is 9.79. The molecule has 0 spiro atoms. The number of aryl methyl sites for hydroxylation is 1. The second kappa shape index (κ2) is 13.6. The first kappa shape index (κ1) is 33.7. The van der Waals surface area contributed by atoms with Gasteiger partial charge in [0.2, 0.25) is 5.88 Å². The van der Waals surface area contributed by atoms with Crippen LogP contribution in [0.4, 0.5) is 0 Å². The van der Waals surface area contributed by atoms with Gasteiger partial charge in [-0.2, -0.15) is 0 Å². The molecule has 1 aliphatic rings. The topological polar surface area (TPSA) is 102 Å². The van der Waals surface area contributed by atoms with Crippen LogP contribution in [0.3, 0.4) is 0 Å². The zero-order valence-corrected chi connectivity index (χ0v) is 29.8. The van der Waals surface area contributed by atoms with Gasteiger partial charge in [-0.05, 0) is 47.4 Å². The van der Waals surface area contributed by atoms with Crippen molar-refractivity contribution in [3.05, 3.63) is 182 Å². The Kier molecular flexibility index (Phi) is 8.62. The van der Waals surface area contributed by atoms with E-state index >= 15 is 0 Å². The molecule has 2 atom stereocenters. The van der Waals surface area contributed by atoms with Crippen molar-refractivity contribution in [3.63, 3.8) is 0 Å². The molecule has 1 amide bonds. The van der Waals surface area contributed by atoms with Crippen LogP contribution in [0.15, 0.2) is 142 Å². The number of rotatable bonds is 8. The van der Waals surface area contributed by atoms with Crippen molar-refractivity contribution in [1.29, 1.82) is 0 Å². The molecule has 9 heteroatoms. The Bertz CT molecular complexity index is 2670. The lowest BCUT2D eigenvalue weighted by Gasteiger charge is -2.42. The molecule has 1 N–H and O–H groups in total. The Balaban J connectivity index is 1.34. The van der Waals surface area contributed by atoms with E-state index in [0.29, 0.717) is 24.1 Å². The number of amides is 1. The van der Waals surface area contributed by atoms with Gasteiger partial charge in [0.05, 0.1) is 11.8 Å². The number of nitrogens with zero attached hydrogens (tertiary/aromatic N) is 5. The zero-order valence-electron chi connectivity index (χ0n) is 29.8. The molecule has 264 valence electrons. The van der Waals surface area contributed by atoms with Gasteiger partial charge in [0.1, 0.15) is 5.56 Å². The Hall–Kier alpha value is -6.48. The van der Waals surface area contributed by atoms with Gasteiger partial charge in [-0.3, -0.25) is 23.7 Å². The first-order valence-electron chi connectivity index (χ1n) is 17.7. The van der Waals surface area contributed by atoms with Crippen molar-refractivity contribution in [2.24, 2.45) is 26.1 Å². The number of carbonyl (C=O) groups is 1. The number of aromatic nitrogens is 3. The monoisotopic (exact) mass is 701 g/mol. The Morgan fingerprint density at radius 3 is 2.13 bits per heavy atom. The second-order valence-electron chi connectivity index (χ2n) is 13.7. The summed E-state index contributed by atoms with van der Waals surface area (Å²) in [5.41, 5.74) is 5.35. The number of aliphatic imine (C=N–C) groups is 1. The highest BCUT2D eigenvalue weighted by Gasteiger charge is 2.40. The van der Waals surface area contributed by atoms with Gasteiger partial charge in [0.25, 0.3) is 11.5 Å². The standard InChI is InChI=1S/C44H39N5O4/c1-46-36-21-13-12-19-32(36)34-26-30(22-23-37(34)46)40-35(31-18-10-11-20-33(31)41(50)49(40)25-24-28-14-6-4-7-15-28)27-45-39(29-16-8-5-9-17-29)38-42(51)47(2)44(53)48(3)43(38)52/h4-23,26,35,40,51H,24-25,27H2,1-3H3/t35-,40-/m0/s1. The molecule has 0 saturated heterocycles. The summed E-state index contributed by atoms with van der Waals surface area (Å²) in [5.74, 6) is -0.834. The van der Waals surface area contributed by atoms with Crippen molar-refractivity contribution in [1.82, 2.24) is 18.6 Å². The van der Waals surface area contributed by atoms with Crippen LogP contribution in [0.2, 0.25) is 0 Å². The predicted molar refractivity (Wildman–Crippen MR) is 209 cm³/mol. The van der Waals surface area contributed by atoms with E-state index in [0.717, 1.165) is 47.6 Å². The Morgan fingerprint density at radius 1 is 0.698 bits per heavy atom. The van der Waals surface area contributed by atoms with E-state index in [1.54, 1.807) is 0 Å². The number of para-hydroxylation sites is 1. The molecule has 0 radical (unpaired) electrons. The largest absolute Gasteiger partial charge is 0.494 e. The molecule has 0 unspecified atom stereocenters. The van der Waals surface area contributed by atoms with Crippen LogP contribution in [0.25, 0.3) is 21.8 Å². The molecule has 9 nitrogen and oxygen atoms in total. The van der Waals surface area contributed by atoms with E-state index in [4.69, 9.17) is 4.99 Å². The predicted octanol–water partition coefficient (Wildman–Crippen LogP) is 6.50. The highest BCUT2D eigenvalue weighted by molar-refractivity contribution is 6.14. The molecule has 53 heavy (non-hydrogen) atoms. The summed E-state index contributed by atoms with van der Waals surface area (Å²) in [5, 5.41) is 13.5. The number of hydrogen-bond acceptors (Lipinski definition) is 5. The lowest BCUT2D eigenvalue weighted by molar-refractivity contribution is 0.0614. The molecule has 3 heterocycles. The molecule has 0 bridgehead atoms. The fraction of sp³-hybridized carbons (Fsp3) is 0.182. The average molecular weight is 702 g/mol. The summed E-state index contributed by atoms with van der Waals surface area (Å²) < 4.78 is 4.23. The third kappa shape index (κ3) is 5.74. The number of benzene rings is 5. The number of carbonyl (C=O) groups excluding carboxylic acids is 1. The molecular weight excluding hydrogens is 663 g/mol. The van der Waals surface area contributed by atoms with Crippen LogP contribution in [-0.2, 0) is 27.6 Å². The maximum absolute atomic E-state index is 14.6. The number of fused-ring (bicyclic) bond motifs is 4. The van der Waals surface area contributed by atoms with E-state index in [1.807, 2.05) is 89.8 Å². The first-order valence-corrected chi connectivity index (χ1v) is 17.7. The fourth-order valence-corrected chi connectivity index (χ4v) is 7.94. The summed E-state index contributed by atoms with van der Waals surface area (Å²) in [4.78, 5) is 48.2. The molecule has 0 aliphatic carbocycles. The van der Waals surface area contributed by atoms with Crippen LogP contribution >= 0.6 is 0 Å². The van der Waals surface area contributed by atoms with E-state index < -0.39 is 23.2 Å². The van der Waals surface area contributed by atoms with Gasteiger partial charge in [0.15, 0.2) is 0 Å². The molecule has 5 aromatic carbocycles. The van der Waals surface area contributed by atoms with Crippen molar-refractivity contribution in [3.8, 4) is 5.88 Å². The van der Waals surface area contributed by atoms with Gasteiger partial charge in [-0.15, -0.1) is 0 Å². The quantitative estimate of drug-likeness (QED) is 0.183. The fourth-order valence-electron chi connectivity index (χ4n) is 7.94. The van der Waals surface area contributed by atoms with Crippen molar-refractivity contribution in [2.75, 3.05) is 13.1 Å². The maximum atomic E-state index is 14.6. The Morgan fingerprint density at radius 2 is 1.36 bits per heavy atom. The lowest BCUT2D eigenvalue weighted by Crippen LogP contribution is -2.44. The van der Waals surface area contributed by atoms with Crippen LogP contribution in [0.1, 0.15) is 50.1 Å². The van der Waals surface area contributed by atoms with E-state index in [2.05, 4.69) is 54.1 Å². The van der Waals surface area contributed by atoms with Gasteiger partial charge in [-0.25, -0.2) is 4.79 Å². The molecular formula is C44H39N5O4. The highest BCUT2D eigenvalue weighted by Crippen LogP contribution is 2.44. The van der Waals surface area contributed by atoms with Crippen LogP contribution < -0.4 is 11.2 Å². The minimum absolute atomic E-state index is 0.0485. The molecule has 8 rings (SSSR count). The first-order chi connectivity index (χ1) is 25.7. The average Bonchev–Trinajstić information content (AvgIpc) is 3.48. The van der Waals surface area contributed by atoms with Crippen LogP contribution in [0.5, 0.6) is 5.88 Å². The number of aromatic hydroxyl groups is 1. The summed E-state index contributed by atoms with van der Waals surface area (Å²) in [7, 11) is 4.89. The summed E-state index contributed by atoms with van der Waals surface area (Å²) >= 11 is 0. The minimum atomic E-state index is -0.644.